The Morgan fingerprint density at radius 3 is 2.57 bits per heavy atom. The summed E-state index contributed by atoms with van der Waals surface area (Å²) < 4.78 is 1.82. The number of aromatic nitrogens is 6. The molecule has 6 nitrogen and oxygen atoms in total. The highest BCUT2D eigenvalue weighted by molar-refractivity contribution is 5.93. The second-order valence-electron chi connectivity index (χ2n) is 5.39. The summed E-state index contributed by atoms with van der Waals surface area (Å²) in [5.41, 5.74) is 4.82. The Morgan fingerprint density at radius 2 is 1.78 bits per heavy atom. The second kappa shape index (κ2) is 4.54. The summed E-state index contributed by atoms with van der Waals surface area (Å²) in [4.78, 5) is 9.28. The molecule has 5 aromatic rings. The highest BCUT2D eigenvalue weighted by Gasteiger charge is 2.09. The topological polar surface area (TPSA) is 75.2 Å². The van der Waals surface area contributed by atoms with E-state index in [4.69, 9.17) is 0 Å². The molecule has 0 saturated heterocycles. The minimum Gasteiger partial charge on any atom is -0.307 e. The third-order valence-electron chi connectivity index (χ3n) is 3.93. The van der Waals surface area contributed by atoms with E-state index in [0.29, 0.717) is 0 Å². The zero-order chi connectivity index (χ0) is 15.2. The average molecular weight is 300 g/mol. The molecule has 3 heterocycles. The van der Waals surface area contributed by atoms with Crippen molar-refractivity contribution in [2.45, 2.75) is 0 Å². The molecule has 3 aromatic heterocycles. The fraction of sp³-hybridized carbons (Fsp3) is 0. The van der Waals surface area contributed by atoms with Crippen LogP contribution in [0.1, 0.15) is 0 Å². The Morgan fingerprint density at radius 1 is 0.957 bits per heavy atom. The number of H-pyrrole nitrogens is 2. The number of nitrogens with zero attached hydrogens (tertiary/aromatic N) is 4. The van der Waals surface area contributed by atoms with Gasteiger partial charge in [0.05, 0.1) is 22.2 Å². The van der Waals surface area contributed by atoms with Gasteiger partial charge in [0.15, 0.2) is 5.82 Å². The van der Waals surface area contributed by atoms with Gasteiger partial charge in [-0.2, -0.15) is 5.10 Å². The average Bonchev–Trinajstić information content (AvgIpc) is 3.32. The Hall–Kier alpha value is -3.41. The lowest BCUT2D eigenvalue weighted by molar-refractivity contribution is 0.880. The first-order valence-electron chi connectivity index (χ1n) is 7.30. The smallest absolute Gasteiger partial charge is 0.160 e. The van der Waals surface area contributed by atoms with Crippen LogP contribution < -0.4 is 0 Å². The normalized spacial score (nSPS) is 11.5. The van der Waals surface area contributed by atoms with Crippen molar-refractivity contribution >= 4 is 21.9 Å². The first-order chi connectivity index (χ1) is 11.4. The molecule has 0 aliphatic heterocycles. The highest BCUT2D eigenvalue weighted by atomic mass is 15.3. The van der Waals surface area contributed by atoms with Crippen molar-refractivity contribution < 1.29 is 0 Å². The Bertz CT molecular complexity index is 1050. The van der Waals surface area contributed by atoms with Crippen LogP contribution in [-0.4, -0.2) is 29.9 Å². The molecule has 2 aromatic carbocycles. The maximum atomic E-state index is 4.64. The molecule has 0 saturated carbocycles. The van der Waals surface area contributed by atoms with Crippen LogP contribution in [0.25, 0.3) is 39.0 Å². The maximum Gasteiger partial charge on any atom is 0.160 e. The van der Waals surface area contributed by atoms with Gasteiger partial charge in [0.25, 0.3) is 0 Å². The van der Waals surface area contributed by atoms with Crippen LogP contribution in [0, 0.1) is 0 Å². The van der Waals surface area contributed by atoms with Gasteiger partial charge in [0, 0.05) is 29.5 Å². The number of hydrogen-bond acceptors (Lipinski definition) is 3. The van der Waals surface area contributed by atoms with E-state index < -0.39 is 0 Å². The minimum atomic E-state index is 0.739. The lowest BCUT2D eigenvalue weighted by Crippen LogP contribution is -1.93. The molecule has 0 aliphatic carbocycles. The monoisotopic (exact) mass is 300 g/mol. The van der Waals surface area contributed by atoms with Gasteiger partial charge in [0.1, 0.15) is 0 Å². The van der Waals surface area contributed by atoms with Gasteiger partial charge in [0.2, 0.25) is 0 Å². The van der Waals surface area contributed by atoms with Crippen LogP contribution in [0.2, 0.25) is 0 Å². The number of nitrogens with one attached hydrogen (secondary N) is 2. The van der Waals surface area contributed by atoms with E-state index >= 15 is 0 Å². The fourth-order valence-corrected chi connectivity index (χ4v) is 2.76. The molecule has 6 heteroatoms. The lowest BCUT2D eigenvalue weighted by atomic mass is 10.2. The molecule has 0 spiro atoms. The molecule has 5 rings (SSSR count). The Labute approximate surface area is 130 Å². The van der Waals surface area contributed by atoms with E-state index in [-0.39, 0.29) is 0 Å². The van der Waals surface area contributed by atoms with E-state index in [1.807, 2.05) is 59.5 Å². The van der Waals surface area contributed by atoms with Crippen molar-refractivity contribution in [3.8, 4) is 17.1 Å². The van der Waals surface area contributed by atoms with Crippen molar-refractivity contribution in [2.24, 2.45) is 0 Å². The molecular formula is C17H12N6. The third kappa shape index (κ3) is 1.92. The van der Waals surface area contributed by atoms with Crippen molar-refractivity contribution in [1.29, 1.82) is 0 Å². The quantitative estimate of drug-likeness (QED) is 0.525. The predicted octanol–water partition coefficient (Wildman–Crippen LogP) is 3.29. The number of fused-ring (bicyclic) bond motifs is 2. The van der Waals surface area contributed by atoms with Crippen molar-refractivity contribution in [3.63, 3.8) is 0 Å². The molecule has 0 bridgehead atoms. The fourth-order valence-electron chi connectivity index (χ4n) is 2.76. The van der Waals surface area contributed by atoms with Gasteiger partial charge in [-0.1, -0.05) is 0 Å². The largest absolute Gasteiger partial charge is 0.307 e. The summed E-state index contributed by atoms with van der Waals surface area (Å²) in [7, 11) is 0. The first kappa shape index (κ1) is 12.2. The van der Waals surface area contributed by atoms with E-state index in [1.54, 1.807) is 6.20 Å². The van der Waals surface area contributed by atoms with Crippen molar-refractivity contribution in [2.75, 3.05) is 0 Å². The SMILES string of the molecule is c1cnn(-c2ccc(-c3nc4cc5c[nH][nH]c5cc4n3)cc2)c1. The maximum absolute atomic E-state index is 4.64. The summed E-state index contributed by atoms with van der Waals surface area (Å²) in [6, 6.07) is 14.0. The van der Waals surface area contributed by atoms with Crippen LogP contribution in [0.4, 0.5) is 0 Å². The lowest BCUT2D eigenvalue weighted by Gasteiger charge is -2.01. The van der Waals surface area contributed by atoms with Crippen molar-refractivity contribution in [3.05, 3.63) is 61.1 Å². The summed E-state index contributed by atoms with van der Waals surface area (Å²) >= 11 is 0. The molecule has 0 aliphatic rings. The Kier molecular flexibility index (Phi) is 2.40. The van der Waals surface area contributed by atoms with Gasteiger partial charge in [-0.25, -0.2) is 14.6 Å². The van der Waals surface area contributed by atoms with Crippen molar-refractivity contribution in [1.82, 2.24) is 29.9 Å². The molecule has 0 atom stereocenters. The molecule has 2 N–H and O–H groups in total. The van der Waals surface area contributed by atoms with Gasteiger partial charge in [-0.15, -0.1) is 0 Å². The van der Waals surface area contributed by atoms with Gasteiger partial charge >= 0.3 is 0 Å². The zero-order valence-corrected chi connectivity index (χ0v) is 12.1. The van der Waals surface area contributed by atoms with Crippen LogP contribution in [0.5, 0.6) is 0 Å². The van der Waals surface area contributed by atoms with Gasteiger partial charge in [-0.05, 0) is 42.5 Å². The predicted molar refractivity (Wildman–Crippen MR) is 88.3 cm³/mol. The van der Waals surface area contributed by atoms with Crippen LogP contribution in [-0.2, 0) is 0 Å². The zero-order valence-electron chi connectivity index (χ0n) is 12.1. The second-order valence-corrected chi connectivity index (χ2v) is 5.39. The van der Waals surface area contributed by atoms with E-state index in [9.17, 15) is 0 Å². The molecule has 0 fully saturated rings. The van der Waals surface area contributed by atoms with E-state index in [1.165, 1.54) is 0 Å². The van der Waals surface area contributed by atoms with E-state index in [0.717, 1.165) is 39.0 Å². The summed E-state index contributed by atoms with van der Waals surface area (Å²) in [6.07, 6.45) is 5.60. The van der Waals surface area contributed by atoms with Crippen LogP contribution in [0.3, 0.4) is 0 Å². The minimum absolute atomic E-state index is 0.739. The Balaban J connectivity index is 1.59. The van der Waals surface area contributed by atoms with E-state index in [2.05, 4.69) is 25.3 Å². The standard InChI is InChI=1S/C17H12N6/c1-6-19-23(7-1)13-4-2-11(3-5-13)17-20-15-8-12-10-18-22-14(12)9-16(15)21-17/h1-10,18,22H. The van der Waals surface area contributed by atoms with Crippen LogP contribution in [0.15, 0.2) is 61.1 Å². The first-order valence-corrected chi connectivity index (χ1v) is 7.30. The molecule has 0 radical (unpaired) electrons. The molecule has 23 heavy (non-hydrogen) atoms. The van der Waals surface area contributed by atoms with Gasteiger partial charge < -0.3 is 10.2 Å². The number of aromatic amines is 2. The molecule has 0 amide bonds. The molecule has 110 valence electrons. The molecular weight excluding hydrogens is 288 g/mol. The third-order valence-corrected chi connectivity index (χ3v) is 3.93. The highest BCUT2D eigenvalue weighted by Crippen LogP contribution is 2.24. The van der Waals surface area contributed by atoms with Crippen LogP contribution >= 0.6 is 0 Å². The summed E-state index contributed by atoms with van der Waals surface area (Å²) in [5, 5.41) is 11.4. The number of rotatable bonds is 2. The summed E-state index contributed by atoms with van der Waals surface area (Å²) in [5.74, 6) is 0.739. The number of hydrogen-bond donors (Lipinski definition) is 2. The van der Waals surface area contributed by atoms with Gasteiger partial charge in [-0.3, -0.25) is 0 Å². The number of benzene rings is 2. The summed E-state index contributed by atoms with van der Waals surface area (Å²) in [6.45, 7) is 0. The molecule has 0 unspecified atom stereocenters. The number of imidazole rings is 1.